The average molecular weight is 334 g/mol. The van der Waals surface area contributed by atoms with Gasteiger partial charge >= 0.3 is 0 Å². The van der Waals surface area contributed by atoms with Crippen molar-refractivity contribution in [2.45, 2.75) is 56.6 Å². The Morgan fingerprint density at radius 3 is 2.83 bits per heavy atom. The topological polar surface area (TPSA) is 34.6 Å². The zero-order valence-electron chi connectivity index (χ0n) is 14.3. The molecular formula is C19H27FN2O2. The fourth-order valence-corrected chi connectivity index (χ4v) is 4.54. The largest absolute Gasteiger partial charge is 0.476 e. The van der Waals surface area contributed by atoms with Gasteiger partial charge in [0, 0.05) is 31.9 Å². The second kappa shape index (κ2) is 6.96. The molecule has 2 aliphatic heterocycles. The van der Waals surface area contributed by atoms with E-state index in [2.05, 4.69) is 9.88 Å². The number of hydrogen-bond donors (Lipinski definition) is 0. The number of rotatable bonds is 5. The van der Waals surface area contributed by atoms with Crippen molar-refractivity contribution >= 4 is 0 Å². The normalized spacial score (nSPS) is 27.3. The van der Waals surface area contributed by atoms with Crippen molar-refractivity contribution in [3.8, 4) is 5.88 Å². The Balaban J connectivity index is 1.29. The molecule has 0 aromatic carbocycles. The van der Waals surface area contributed by atoms with Crippen molar-refractivity contribution in [2.24, 2.45) is 5.92 Å². The number of halogens is 1. The molecule has 3 fully saturated rings. The lowest BCUT2D eigenvalue weighted by Gasteiger charge is -2.47. The van der Waals surface area contributed by atoms with E-state index in [4.69, 9.17) is 9.47 Å². The first-order chi connectivity index (χ1) is 11.8. The smallest absolute Gasteiger partial charge is 0.250 e. The van der Waals surface area contributed by atoms with Crippen LogP contribution in [0.1, 0.15) is 44.9 Å². The summed E-state index contributed by atoms with van der Waals surface area (Å²) in [7, 11) is 0. The minimum absolute atomic E-state index is 0.0340. The minimum atomic E-state index is -0.385. The Hall–Kier alpha value is -1.20. The first kappa shape index (κ1) is 16.3. The molecule has 132 valence electrons. The third kappa shape index (κ3) is 3.16. The lowest BCUT2D eigenvalue weighted by atomic mass is 9.77. The van der Waals surface area contributed by atoms with Crippen LogP contribution in [0.25, 0.3) is 0 Å². The number of ether oxygens (including phenoxy) is 2. The standard InChI is InChI=1S/C19H27FN2O2/c20-17-5-2-10-21-18(17)23-13-6-15-7-14-24-19(15)8-11-22(12-9-19)16-3-1-4-16/h2,5,10,15-16H,1,3-4,6-9,11-14H2/t15-/m0/s1. The summed E-state index contributed by atoms with van der Waals surface area (Å²) in [6.45, 7) is 3.69. The van der Waals surface area contributed by atoms with Gasteiger partial charge in [0.15, 0.2) is 5.82 Å². The summed E-state index contributed by atoms with van der Waals surface area (Å²) in [5, 5.41) is 0. The van der Waals surface area contributed by atoms with Gasteiger partial charge in [0.1, 0.15) is 0 Å². The number of pyridine rings is 1. The molecule has 3 heterocycles. The van der Waals surface area contributed by atoms with Gasteiger partial charge in [-0.3, -0.25) is 0 Å². The fourth-order valence-electron chi connectivity index (χ4n) is 4.54. The molecule has 1 saturated carbocycles. The maximum Gasteiger partial charge on any atom is 0.250 e. The summed E-state index contributed by atoms with van der Waals surface area (Å²) in [6, 6.07) is 3.80. The van der Waals surface area contributed by atoms with Crippen LogP contribution in [0.3, 0.4) is 0 Å². The van der Waals surface area contributed by atoms with E-state index >= 15 is 0 Å². The summed E-state index contributed by atoms with van der Waals surface area (Å²) in [5.41, 5.74) is 0.0340. The molecule has 4 nitrogen and oxygen atoms in total. The molecule has 0 bridgehead atoms. The monoisotopic (exact) mass is 334 g/mol. The number of likely N-dealkylation sites (tertiary alicyclic amines) is 1. The van der Waals surface area contributed by atoms with Crippen LogP contribution in [-0.4, -0.2) is 47.8 Å². The molecule has 1 aliphatic carbocycles. The van der Waals surface area contributed by atoms with Gasteiger partial charge in [-0.25, -0.2) is 9.37 Å². The SMILES string of the molecule is Fc1cccnc1OCC[C@H]1CCOC12CCN(C1CCC1)CC2. The van der Waals surface area contributed by atoms with Gasteiger partial charge in [-0.15, -0.1) is 0 Å². The predicted octanol–water partition coefficient (Wildman–Crippen LogP) is 3.41. The first-order valence-corrected chi connectivity index (χ1v) is 9.38. The highest BCUT2D eigenvalue weighted by Gasteiger charge is 2.46. The molecule has 3 aliphatic rings. The van der Waals surface area contributed by atoms with E-state index < -0.39 is 0 Å². The summed E-state index contributed by atoms with van der Waals surface area (Å²) in [5.74, 6) is 0.252. The molecule has 24 heavy (non-hydrogen) atoms. The Bertz CT molecular complexity index is 556. The highest BCUT2D eigenvalue weighted by molar-refractivity contribution is 5.12. The number of aromatic nitrogens is 1. The Kier molecular flexibility index (Phi) is 4.72. The third-order valence-electron chi connectivity index (χ3n) is 6.27. The van der Waals surface area contributed by atoms with E-state index in [1.165, 1.54) is 25.3 Å². The average Bonchev–Trinajstić information content (AvgIpc) is 2.92. The first-order valence-electron chi connectivity index (χ1n) is 9.38. The molecule has 0 amide bonds. The van der Waals surface area contributed by atoms with Gasteiger partial charge in [-0.2, -0.15) is 0 Å². The van der Waals surface area contributed by atoms with Gasteiger partial charge in [-0.05, 0) is 56.6 Å². The van der Waals surface area contributed by atoms with Crippen LogP contribution in [0.4, 0.5) is 4.39 Å². The predicted molar refractivity (Wildman–Crippen MR) is 89.5 cm³/mol. The Labute approximate surface area is 143 Å². The third-order valence-corrected chi connectivity index (χ3v) is 6.27. The molecule has 1 spiro atoms. The van der Waals surface area contributed by atoms with E-state index in [1.807, 2.05) is 0 Å². The van der Waals surface area contributed by atoms with Crippen LogP contribution in [0.5, 0.6) is 5.88 Å². The molecular weight excluding hydrogens is 307 g/mol. The number of piperidine rings is 1. The number of nitrogens with zero attached hydrogens (tertiary/aromatic N) is 2. The van der Waals surface area contributed by atoms with E-state index in [9.17, 15) is 4.39 Å². The second-order valence-corrected chi connectivity index (χ2v) is 7.45. The van der Waals surface area contributed by atoms with Crippen LogP contribution in [0.2, 0.25) is 0 Å². The van der Waals surface area contributed by atoms with Crippen molar-refractivity contribution in [1.29, 1.82) is 0 Å². The fraction of sp³-hybridized carbons (Fsp3) is 0.737. The molecule has 5 heteroatoms. The van der Waals surface area contributed by atoms with E-state index in [1.54, 1.807) is 12.3 Å². The van der Waals surface area contributed by atoms with Gasteiger partial charge in [0.2, 0.25) is 5.88 Å². The molecule has 0 radical (unpaired) electrons. The van der Waals surface area contributed by atoms with Crippen LogP contribution >= 0.6 is 0 Å². The zero-order valence-corrected chi connectivity index (χ0v) is 14.3. The molecule has 1 aromatic heterocycles. The summed E-state index contributed by atoms with van der Waals surface area (Å²) < 4.78 is 25.4. The lowest BCUT2D eigenvalue weighted by Crippen LogP contribution is -2.52. The Morgan fingerprint density at radius 2 is 2.12 bits per heavy atom. The molecule has 2 saturated heterocycles. The van der Waals surface area contributed by atoms with E-state index in [-0.39, 0.29) is 17.3 Å². The zero-order chi connectivity index (χ0) is 16.4. The summed E-state index contributed by atoms with van der Waals surface area (Å²) in [6.07, 6.45) is 9.98. The molecule has 0 unspecified atom stereocenters. The van der Waals surface area contributed by atoms with Crippen molar-refractivity contribution in [2.75, 3.05) is 26.3 Å². The quantitative estimate of drug-likeness (QED) is 0.826. The number of hydrogen-bond acceptors (Lipinski definition) is 4. The van der Waals surface area contributed by atoms with E-state index in [0.29, 0.717) is 12.5 Å². The molecule has 0 N–H and O–H groups in total. The van der Waals surface area contributed by atoms with Crippen molar-refractivity contribution in [3.05, 3.63) is 24.1 Å². The van der Waals surface area contributed by atoms with Crippen LogP contribution in [-0.2, 0) is 4.74 Å². The summed E-state index contributed by atoms with van der Waals surface area (Å²) in [4.78, 5) is 6.62. The lowest BCUT2D eigenvalue weighted by molar-refractivity contribution is -0.0808. The second-order valence-electron chi connectivity index (χ2n) is 7.45. The maximum atomic E-state index is 13.6. The van der Waals surface area contributed by atoms with Crippen molar-refractivity contribution < 1.29 is 13.9 Å². The van der Waals surface area contributed by atoms with Gasteiger partial charge in [-0.1, -0.05) is 6.42 Å². The van der Waals surface area contributed by atoms with Crippen molar-refractivity contribution in [3.63, 3.8) is 0 Å². The Morgan fingerprint density at radius 1 is 1.29 bits per heavy atom. The summed E-state index contributed by atoms with van der Waals surface area (Å²) >= 11 is 0. The van der Waals surface area contributed by atoms with Gasteiger partial charge in [0.05, 0.1) is 12.2 Å². The van der Waals surface area contributed by atoms with Gasteiger partial charge in [0.25, 0.3) is 0 Å². The van der Waals surface area contributed by atoms with Gasteiger partial charge < -0.3 is 14.4 Å². The molecule has 1 atom stereocenters. The van der Waals surface area contributed by atoms with Crippen LogP contribution in [0.15, 0.2) is 18.3 Å². The highest BCUT2D eigenvalue weighted by Crippen LogP contribution is 2.43. The molecule has 1 aromatic rings. The minimum Gasteiger partial charge on any atom is -0.476 e. The highest BCUT2D eigenvalue weighted by atomic mass is 19.1. The van der Waals surface area contributed by atoms with E-state index in [0.717, 1.165) is 51.4 Å². The van der Waals surface area contributed by atoms with Crippen LogP contribution in [0, 0.1) is 11.7 Å². The van der Waals surface area contributed by atoms with Crippen LogP contribution < -0.4 is 4.74 Å². The van der Waals surface area contributed by atoms with Crippen molar-refractivity contribution in [1.82, 2.24) is 9.88 Å². The molecule has 4 rings (SSSR count). The maximum absolute atomic E-state index is 13.6.